The van der Waals surface area contributed by atoms with Gasteiger partial charge in [-0.25, -0.2) is 4.68 Å². The number of nitro benzene ring substituents is 1. The van der Waals surface area contributed by atoms with Crippen LogP contribution in [0.1, 0.15) is 17.2 Å². The molecule has 24 heavy (non-hydrogen) atoms. The Morgan fingerprint density at radius 1 is 1.12 bits per heavy atom. The molecule has 0 fully saturated rings. The number of H-pyrrole nitrogens is 1. The lowest BCUT2D eigenvalue weighted by Gasteiger charge is -2.08. The summed E-state index contributed by atoms with van der Waals surface area (Å²) in [4.78, 5) is 22.7. The third-order valence-electron chi connectivity index (χ3n) is 3.66. The quantitative estimate of drug-likeness (QED) is 0.497. The smallest absolute Gasteiger partial charge is 0.279 e. The standard InChI is InChI=1S/C16H14N4O4/c17-15-13(14(21)10-6-8-12(9-7-10)20(23)24)16(22)19(18-15)11-4-2-1-3-5-11/h1-9,14,18,21H,17H2/t14-/m0/s1. The molecule has 0 aliphatic heterocycles. The lowest BCUT2D eigenvalue weighted by Crippen LogP contribution is -2.20. The molecule has 122 valence electrons. The van der Waals surface area contributed by atoms with Crippen LogP contribution in [0.3, 0.4) is 0 Å². The van der Waals surface area contributed by atoms with Crippen LogP contribution in [0.5, 0.6) is 0 Å². The molecule has 0 saturated heterocycles. The fraction of sp³-hybridized carbons (Fsp3) is 0.0625. The molecule has 0 bridgehead atoms. The zero-order valence-corrected chi connectivity index (χ0v) is 12.4. The molecule has 0 saturated carbocycles. The molecule has 1 atom stereocenters. The maximum Gasteiger partial charge on any atom is 0.279 e. The number of nitrogens with zero attached hydrogens (tertiary/aromatic N) is 2. The second-order valence-electron chi connectivity index (χ2n) is 5.17. The van der Waals surface area contributed by atoms with Crippen molar-refractivity contribution in [2.75, 3.05) is 5.73 Å². The fourth-order valence-electron chi connectivity index (χ4n) is 2.44. The number of para-hydroxylation sites is 1. The zero-order chi connectivity index (χ0) is 17.3. The number of non-ortho nitro benzene ring substituents is 1. The number of anilines is 1. The number of aromatic amines is 1. The Kier molecular flexibility index (Phi) is 3.88. The lowest BCUT2D eigenvalue weighted by atomic mass is 10.0. The lowest BCUT2D eigenvalue weighted by molar-refractivity contribution is -0.384. The number of aliphatic hydroxyl groups excluding tert-OH is 1. The molecule has 0 aliphatic carbocycles. The predicted molar refractivity (Wildman–Crippen MR) is 88.0 cm³/mol. The van der Waals surface area contributed by atoms with Gasteiger partial charge in [0.2, 0.25) is 0 Å². The molecular weight excluding hydrogens is 312 g/mol. The number of nitrogens with two attached hydrogens (primary N) is 1. The van der Waals surface area contributed by atoms with E-state index < -0.39 is 16.6 Å². The molecule has 8 heteroatoms. The van der Waals surface area contributed by atoms with Crippen LogP contribution in [0.25, 0.3) is 5.69 Å². The highest BCUT2D eigenvalue weighted by atomic mass is 16.6. The summed E-state index contributed by atoms with van der Waals surface area (Å²) in [7, 11) is 0. The summed E-state index contributed by atoms with van der Waals surface area (Å²) in [5, 5.41) is 23.9. The maximum atomic E-state index is 12.6. The summed E-state index contributed by atoms with van der Waals surface area (Å²) in [6.45, 7) is 0. The monoisotopic (exact) mass is 326 g/mol. The van der Waals surface area contributed by atoms with Crippen molar-refractivity contribution in [3.8, 4) is 5.69 Å². The number of aliphatic hydroxyl groups is 1. The number of hydrogen-bond donors (Lipinski definition) is 3. The Labute approximate surface area is 135 Å². The van der Waals surface area contributed by atoms with Gasteiger partial charge in [-0.1, -0.05) is 18.2 Å². The molecule has 1 aromatic heterocycles. The predicted octanol–water partition coefficient (Wildman–Crippen LogP) is 1.74. The Morgan fingerprint density at radius 3 is 2.33 bits per heavy atom. The van der Waals surface area contributed by atoms with E-state index in [4.69, 9.17) is 5.73 Å². The second kappa shape index (κ2) is 6.01. The van der Waals surface area contributed by atoms with Crippen molar-refractivity contribution in [2.24, 2.45) is 0 Å². The van der Waals surface area contributed by atoms with E-state index in [0.29, 0.717) is 11.3 Å². The summed E-state index contributed by atoms with van der Waals surface area (Å²) in [6, 6.07) is 14.1. The van der Waals surface area contributed by atoms with Gasteiger partial charge in [-0.3, -0.25) is 20.0 Å². The molecule has 8 nitrogen and oxygen atoms in total. The topological polar surface area (TPSA) is 127 Å². The molecule has 0 radical (unpaired) electrons. The molecule has 0 unspecified atom stereocenters. The van der Waals surface area contributed by atoms with Crippen LogP contribution in [0.15, 0.2) is 59.4 Å². The van der Waals surface area contributed by atoms with E-state index in [1.807, 2.05) is 6.07 Å². The summed E-state index contributed by atoms with van der Waals surface area (Å²) in [5.41, 5.74) is 6.18. The first-order valence-corrected chi connectivity index (χ1v) is 7.07. The van der Waals surface area contributed by atoms with Crippen LogP contribution in [-0.2, 0) is 0 Å². The van der Waals surface area contributed by atoms with Gasteiger partial charge in [0.25, 0.3) is 11.2 Å². The van der Waals surface area contributed by atoms with E-state index in [2.05, 4.69) is 5.10 Å². The Balaban J connectivity index is 2.02. The minimum atomic E-state index is -1.29. The van der Waals surface area contributed by atoms with E-state index in [9.17, 15) is 20.0 Å². The molecule has 3 rings (SSSR count). The van der Waals surface area contributed by atoms with E-state index in [1.165, 1.54) is 28.9 Å². The number of nitrogen functional groups attached to an aromatic ring is 1. The van der Waals surface area contributed by atoms with Gasteiger partial charge in [0.15, 0.2) is 0 Å². The molecule has 2 aromatic carbocycles. The summed E-state index contributed by atoms with van der Waals surface area (Å²) in [6.07, 6.45) is -1.29. The van der Waals surface area contributed by atoms with Crippen molar-refractivity contribution >= 4 is 11.5 Å². The molecular formula is C16H14N4O4. The van der Waals surface area contributed by atoms with Gasteiger partial charge < -0.3 is 10.8 Å². The van der Waals surface area contributed by atoms with Crippen molar-refractivity contribution in [1.82, 2.24) is 9.78 Å². The van der Waals surface area contributed by atoms with Crippen molar-refractivity contribution in [2.45, 2.75) is 6.10 Å². The first kappa shape index (κ1) is 15.5. The SMILES string of the molecule is Nc1[nH]n(-c2ccccc2)c(=O)c1[C@@H](O)c1ccc([N+](=O)[O-])cc1. The Bertz CT molecular complexity index is 929. The number of nitro groups is 1. The third-order valence-corrected chi connectivity index (χ3v) is 3.66. The van der Waals surface area contributed by atoms with Crippen molar-refractivity contribution in [1.29, 1.82) is 0 Å². The summed E-state index contributed by atoms with van der Waals surface area (Å²) in [5.74, 6) is 0.0368. The van der Waals surface area contributed by atoms with Crippen LogP contribution < -0.4 is 11.3 Å². The zero-order valence-electron chi connectivity index (χ0n) is 12.4. The molecule has 0 spiro atoms. The second-order valence-corrected chi connectivity index (χ2v) is 5.17. The van der Waals surface area contributed by atoms with Gasteiger partial charge in [-0.2, -0.15) is 0 Å². The van der Waals surface area contributed by atoms with E-state index in [-0.39, 0.29) is 17.1 Å². The largest absolute Gasteiger partial charge is 0.384 e. The van der Waals surface area contributed by atoms with Gasteiger partial charge >= 0.3 is 0 Å². The number of hydrogen-bond acceptors (Lipinski definition) is 5. The highest BCUT2D eigenvalue weighted by Crippen LogP contribution is 2.25. The maximum absolute atomic E-state index is 12.6. The Hall–Kier alpha value is -3.39. The molecule has 0 amide bonds. The van der Waals surface area contributed by atoms with Crippen molar-refractivity contribution in [3.05, 3.63) is 86.2 Å². The van der Waals surface area contributed by atoms with Gasteiger partial charge in [-0.15, -0.1) is 0 Å². The van der Waals surface area contributed by atoms with Crippen molar-refractivity contribution in [3.63, 3.8) is 0 Å². The molecule has 1 heterocycles. The van der Waals surface area contributed by atoms with Crippen LogP contribution >= 0.6 is 0 Å². The van der Waals surface area contributed by atoms with Gasteiger partial charge in [0.05, 0.1) is 16.2 Å². The van der Waals surface area contributed by atoms with Gasteiger partial charge in [0.1, 0.15) is 11.9 Å². The third kappa shape index (κ3) is 2.66. The highest BCUT2D eigenvalue weighted by molar-refractivity contribution is 5.47. The molecule has 0 aliphatic rings. The normalized spacial score (nSPS) is 12.0. The van der Waals surface area contributed by atoms with Gasteiger partial charge in [0, 0.05) is 12.1 Å². The summed E-state index contributed by atoms with van der Waals surface area (Å²) >= 11 is 0. The van der Waals surface area contributed by atoms with Crippen molar-refractivity contribution < 1.29 is 10.0 Å². The highest BCUT2D eigenvalue weighted by Gasteiger charge is 2.22. The molecule has 4 N–H and O–H groups in total. The van der Waals surface area contributed by atoms with Crippen LogP contribution in [0.4, 0.5) is 11.5 Å². The Morgan fingerprint density at radius 2 is 1.75 bits per heavy atom. The average Bonchev–Trinajstić information content (AvgIpc) is 2.89. The first-order chi connectivity index (χ1) is 11.5. The summed E-state index contributed by atoms with van der Waals surface area (Å²) < 4.78 is 1.24. The number of benzene rings is 2. The first-order valence-electron chi connectivity index (χ1n) is 7.07. The van der Waals surface area contributed by atoms with Gasteiger partial charge in [-0.05, 0) is 29.8 Å². The van der Waals surface area contributed by atoms with Crippen LogP contribution in [0.2, 0.25) is 0 Å². The van der Waals surface area contributed by atoms with E-state index in [0.717, 1.165) is 0 Å². The van der Waals surface area contributed by atoms with E-state index in [1.54, 1.807) is 24.3 Å². The minimum Gasteiger partial charge on any atom is -0.384 e. The number of rotatable bonds is 4. The van der Waals surface area contributed by atoms with Crippen LogP contribution in [-0.4, -0.2) is 19.8 Å². The number of aromatic nitrogens is 2. The fourth-order valence-corrected chi connectivity index (χ4v) is 2.44. The average molecular weight is 326 g/mol. The van der Waals surface area contributed by atoms with Crippen LogP contribution in [0, 0.1) is 10.1 Å². The number of nitrogens with one attached hydrogen (secondary N) is 1. The van der Waals surface area contributed by atoms with E-state index >= 15 is 0 Å². The molecule has 3 aromatic rings. The minimum absolute atomic E-state index is 0.00675.